The van der Waals surface area contributed by atoms with Gasteiger partial charge in [0.2, 0.25) is 0 Å². The van der Waals surface area contributed by atoms with Crippen LogP contribution in [0.2, 0.25) is 0 Å². The molecule has 0 aliphatic rings. The molecule has 2 aromatic heterocycles. The second-order valence-corrected chi connectivity index (χ2v) is 6.24. The number of pyridine rings is 1. The quantitative estimate of drug-likeness (QED) is 0.270. The summed E-state index contributed by atoms with van der Waals surface area (Å²) in [6.07, 6.45) is 5.70. The van der Waals surface area contributed by atoms with Crippen molar-refractivity contribution < 1.29 is 0 Å². The van der Waals surface area contributed by atoms with Crippen LogP contribution in [0, 0.1) is 20.8 Å². The van der Waals surface area contributed by atoms with E-state index in [0.29, 0.717) is 0 Å². The Morgan fingerprint density at radius 3 is 2.69 bits per heavy atom. The summed E-state index contributed by atoms with van der Waals surface area (Å²) in [7, 11) is 0. The molecule has 2 aromatic rings. The Bertz CT molecular complexity index is 695. The summed E-state index contributed by atoms with van der Waals surface area (Å²) in [6.45, 7) is 11.7. The molecular formula is C19H31IN6. The average Bonchev–Trinajstić information content (AvgIpc) is 2.90. The van der Waals surface area contributed by atoms with E-state index in [1.807, 2.05) is 19.3 Å². The molecule has 0 saturated carbocycles. The Kier molecular flexibility index (Phi) is 10.2. The molecule has 0 aliphatic heterocycles. The van der Waals surface area contributed by atoms with Crippen molar-refractivity contribution in [3.63, 3.8) is 0 Å². The molecule has 26 heavy (non-hydrogen) atoms. The predicted molar refractivity (Wildman–Crippen MR) is 118 cm³/mol. The van der Waals surface area contributed by atoms with Crippen LogP contribution in [0.3, 0.4) is 0 Å². The lowest BCUT2D eigenvalue weighted by Gasteiger charge is -2.12. The number of rotatable bonds is 8. The van der Waals surface area contributed by atoms with Gasteiger partial charge in [0.25, 0.3) is 0 Å². The van der Waals surface area contributed by atoms with Crippen molar-refractivity contribution in [3.8, 4) is 0 Å². The van der Waals surface area contributed by atoms with Crippen molar-refractivity contribution in [2.45, 2.75) is 47.1 Å². The molecule has 6 nitrogen and oxygen atoms in total. The third kappa shape index (κ3) is 7.31. The van der Waals surface area contributed by atoms with E-state index in [0.717, 1.165) is 50.7 Å². The summed E-state index contributed by atoms with van der Waals surface area (Å²) in [5.74, 6) is 0.877. The predicted octanol–water partition coefficient (Wildman–Crippen LogP) is 3.01. The highest BCUT2D eigenvalue weighted by Crippen LogP contribution is 2.05. The molecule has 0 aromatic carbocycles. The number of nitrogens with one attached hydrogen (secondary N) is 2. The number of aryl methyl sites for hydroxylation is 4. The highest BCUT2D eigenvalue weighted by Gasteiger charge is 2.02. The van der Waals surface area contributed by atoms with Crippen LogP contribution in [0.15, 0.2) is 29.5 Å². The highest BCUT2D eigenvalue weighted by atomic mass is 127. The van der Waals surface area contributed by atoms with Crippen molar-refractivity contribution in [2.75, 3.05) is 19.6 Å². The fourth-order valence-electron chi connectivity index (χ4n) is 2.75. The smallest absolute Gasteiger partial charge is 0.191 e. The van der Waals surface area contributed by atoms with Crippen LogP contribution in [-0.4, -0.2) is 40.4 Å². The zero-order valence-corrected chi connectivity index (χ0v) is 18.6. The van der Waals surface area contributed by atoms with Gasteiger partial charge < -0.3 is 10.6 Å². The summed E-state index contributed by atoms with van der Waals surface area (Å²) >= 11 is 0. The highest BCUT2D eigenvalue weighted by molar-refractivity contribution is 14.0. The second kappa shape index (κ2) is 11.9. The Balaban J connectivity index is 0.00000338. The summed E-state index contributed by atoms with van der Waals surface area (Å²) < 4.78 is 2.05. The van der Waals surface area contributed by atoms with Crippen molar-refractivity contribution in [2.24, 2.45) is 4.99 Å². The Hall–Kier alpha value is -1.64. The van der Waals surface area contributed by atoms with Gasteiger partial charge in [0, 0.05) is 44.3 Å². The lowest BCUT2D eigenvalue weighted by Crippen LogP contribution is -2.38. The van der Waals surface area contributed by atoms with Crippen LogP contribution in [0.25, 0.3) is 0 Å². The summed E-state index contributed by atoms with van der Waals surface area (Å²) in [5.41, 5.74) is 4.83. The van der Waals surface area contributed by atoms with Gasteiger partial charge in [-0.2, -0.15) is 5.10 Å². The normalized spacial score (nSPS) is 11.2. The van der Waals surface area contributed by atoms with E-state index >= 15 is 0 Å². The molecule has 0 spiro atoms. The molecule has 0 unspecified atom stereocenters. The van der Waals surface area contributed by atoms with Crippen LogP contribution in [0.5, 0.6) is 0 Å². The maximum absolute atomic E-state index is 4.66. The topological polar surface area (TPSA) is 67.1 Å². The Morgan fingerprint density at radius 1 is 1.23 bits per heavy atom. The number of hydrogen-bond acceptors (Lipinski definition) is 3. The third-order valence-electron chi connectivity index (χ3n) is 4.07. The van der Waals surface area contributed by atoms with Crippen LogP contribution in [-0.2, 0) is 13.0 Å². The molecule has 144 valence electrons. The van der Waals surface area contributed by atoms with Gasteiger partial charge in [-0.05, 0) is 63.8 Å². The van der Waals surface area contributed by atoms with Gasteiger partial charge in [0.1, 0.15) is 0 Å². The maximum atomic E-state index is 4.66. The lowest BCUT2D eigenvalue weighted by atomic mass is 10.1. The Morgan fingerprint density at radius 2 is 2.04 bits per heavy atom. The van der Waals surface area contributed by atoms with Crippen LogP contribution in [0.4, 0.5) is 0 Å². The molecule has 0 saturated heterocycles. The number of guanidine groups is 1. The van der Waals surface area contributed by atoms with E-state index in [9.17, 15) is 0 Å². The van der Waals surface area contributed by atoms with Crippen molar-refractivity contribution in [1.82, 2.24) is 25.4 Å². The summed E-state index contributed by atoms with van der Waals surface area (Å²) in [5, 5.41) is 11.2. The molecule has 2 rings (SSSR count). The number of halogens is 1. The molecule has 0 atom stereocenters. The molecule has 2 N–H and O–H groups in total. The first-order chi connectivity index (χ1) is 12.1. The SMILES string of the molecule is CCNC(=NCCCn1nc(C)cc1C)NCCc1ccncc1C.I. The van der Waals surface area contributed by atoms with Crippen molar-refractivity contribution in [1.29, 1.82) is 0 Å². The molecule has 0 fully saturated rings. The largest absolute Gasteiger partial charge is 0.357 e. The van der Waals surface area contributed by atoms with E-state index in [1.165, 1.54) is 16.8 Å². The van der Waals surface area contributed by atoms with E-state index in [2.05, 4.69) is 63.3 Å². The van der Waals surface area contributed by atoms with Gasteiger partial charge in [-0.25, -0.2) is 0 Å². The molecular weight excluding hydrogens is 439 g/mol. The average molecular weight is 470 g/mol. The first-order valence-corrected chi connectivity index (χ1v) is 9.03. The fraction of sp³-hybridized carbons (Fsp3) is 0.526. The minimum Gasteiger partial charge on any atom is -0.357 e. The van der Waals surface area contributed by atoms with Gasteiger partial charge in [0.15, 0.2) is 5.96 Å². The van der Waals surface area contributed by atoms with Gasteiger partial charge in [-0.3, -0.25) is 14.7 Å². The maximum Gasteiger partial charge on any atom is 0.191 e. The first kappa shape index (κ1) is 22.4. The summed E-state index contributed by atoms with van der Waals surface area (Å²) in [6, 6.07) is 4.19. The second-order valence-electron chi connectivity index (χ2n) is 6.24. The Labute approximate surface area is 173 Å². The van der Waals surface area contributed by atoms with E-state index < -0.39 is 0 Å². The van der Waals surface area contributed by atoms with Crippen LogP contribution in [0.1, 0.15) is 35.9 Å². The third-order valence-corrected chi connectivity index (χ3v) is 4.07. The minimum absolute atomic E-state index is 0. The van der Waals surface area contributed by atoms with Crippen molar-refractivity contribution >= 4 is 29.9 Å². The monoisotopic (exact) mass is 470 g/mol. The standard InChI is InChI=1S/C19H30N6.HI/c1-5-21-19(23-11-8-18-7-10-20-14-15(18)2)22-9-6-12-25-17(4)13-16(3)24-25;/h7,10,13-14H,5-6,8-9,11-12H2,1-4H3,(H2,21,22,23);1H. The molecule has 0 aliphatic carbocycles. The van der Waals surface area contributed by atoms with E-state index in [4.69, 9.17) is 0 Å². The number of aliphatic imine (C=N–C) groups is 1. The lowest BCUT2D eigenvalue weighted by molar-refractivity contribution is 0.567. The molecule has 7 heteroatoms. The minimum atomic E-state index is 0. The molecule has 2 heterocycles. The zero-order chi connectivity index (χ0) is 18.1. The van der Waals surface area contributed by atoms with Gasteiger partial charge in [-0.1, -0.05) is 0 Å². The molecule has 0 bridgehead atoms. The van der Waals surface area contributed by atoms with Gasteiger partial charge >= 0.3 is 0 Å². The number of nitrogens with zero attached hydrogens (tertiary/aromatic N) is 4. The summed E-state index contributed by atoms with van der Waals surface area (Å²) in [4.78, 5) is 8.80. The van der Waals surface area contributed by atoms with E-state index in [1.54, 1.807) is 0 Å². The van der Waals surface area contributed by atoms with Crippen molar-refractivity contribution in [3.05, 3.63) is 47.0 Å². The van der Waals surface area contributed by atoms with Crippen LogP contribution >= 0.6 is 24.0 Å². The van der Waals surface area contributed by atoms with E-state index in [-0.39, 0.29) is 24.0 Å². The fourth-order valence-corrected chi connectivity index (χ4v) is 2.75. The first-order valence-electron chi connectivity index (χ1n) is 9.03. The molecule has 0 radical (unpaired) electrons. The number of hydrogen-bond donors (Lipinski definition) is 2. The van der Waals surface area contributed by atoms with Crippen LogP contribution < -0.4 is 10.6 Å². The number of aromatic nitrogens is 3. The van der Waals surface area contributed by atoms with Gasteiger partial charge in [0.05, 0.1) is 5.69 Å². The molecule has 0 amide bonds. The zero-order valence-electron chi connectivity index (χ0n) is 16.2. The van der Waals surface area contributed by atoms with Gasteiger partial charge in [-0.15, -0.1) is 24.0 Å².